The molecule has 0 aliphatic carbocycles. The molecule has 0 radical (unpaired) electrons. The Kier molecular flexibility index (Phi) is 3.14. The van der Waals surface area contributed by atoms with Gasteiger partial charge in [0.1, 0.15) is 12.7 Å². The van der Waals surface area contributed by atoms with Crippen molar-refractivity contribution in [2.75, 3.05) is 6.61 Å². The van der Waals surface area contributed by atoms with Gasteiger partial charge in [-0.3, -0.25) is 4.98 Å². The average molecular weight is 240 g/mol. The first kappa shape index (κ1) is 11.0. The van der Waals surface area contributed by atoms with E-state index in [9.17, 15) is 0 Å². The first-order chi connectivity index (χ1) is 7.72. The van der Waals surface area contributed by atoms with Crippen molar-refractivity contribution in [1.29, 1.82) is 0 Å². The molecule has 0 aromatic carbocycles. The molecule has 0 saturated carbocycles. The molecule has 0 saturated heterocycles. The second kappa shape index (κ2) is 4.56. The zero-order valence-corrected chi connectivity index (χ0v) is 9.04. The van der Waals surface area contributed by atoms with Gasteiger partial charge in [-0.1, -0.05) is 11.6 Å². The molecule has 2 heterocycles. The van der Waals surface area contributed by atoms with Gasteiger partial charge >= 0.3 is 0 Å². The first-order valence-corrected chi connectivity index (χ1v) is 4.97. The lowest BCUT2D eigenvalue weighted by Gasteiger charge is -2.10. The maximum Gasteiger partial charge on any atom is 0.138 e. The standard InChI is InChI=1S/C9H10ClN5O/c10-6-2-13-8(7(11)3-16)1-9(6)15-5-12-4-14-15/h1-2,4-5,7,16H,3,11H2. The van der Waals surface area contributed by atoms with E-state index in [1.807, 2.05) is 0 Å². The molecule has 7 heteroatoms. The van der Waals surface area contributed by atoms with Crippen molar-refractivity contribution in [3.63, 3.8) is 0 Å². The highest BCUT2D eigenvalue weighted by molar-refractivity contribution is 6.32. The number of aliphatic hydroxyl groups excluding tert-OH is 1. The van der Waals surface area contributed by atoms with Crippen molar-refractivity contribution in [2.45, 2.75) is 6.04 Å². The Morgan fingerprint density at radius 3 is 3.00 bits per heavy atom. The number of aliphatic hydroxyl groups is 1. The number of nitrogens with two attached hydrogens (primary N) is 1. The number of hydrogen-bond acceptors (Lipinski definition) is 5. The van der Waals surface area contributed by atoms with E-state index in [4.69, 9.17) is 22.4 Å². The number of nitrogens with zero attached hydrogens (tertiary/aromatic N) is 4. The van der Waals surface area contributed by atoms with Gasteiger partial charge in [0.25, 0.3) is 0 Å². The number of hydrogen-bond donors (Lipinski definition) is 2. The molecule has 6 nitrogen and oxygen atoms in total. The summed E-state index contributed by atoms with van der Waals surface area (Å²) >= 11 is 5.98. The highest BCUT2D eigenvalue weighted by Crippen LogP contribution is 2.21. The van der Waals surface area contributed by atoms with Crippen LogP contribution in [0.1, 0.15) is 11.7 Å². The predicted molar refractivity (Wildman–Crippen MR) is 58.2 cm³/mol. The highest BCUT2D eigenvalue weighted by atomic mass is 35.5. The highest BCUT2D eigenvalue weighted by Gasteiger charge is 2.11. The molecule has 2 aromatic rings. The third-order valence-electron chi connectivity index (χ3n) is 2.10. The molecule has 2 aromatic heterocycles. The number of rotatable bonds is 3. The summed E-state index contributed by atoms with van der Waals surface area (Å²) in [6.07, 6.45) is 4.40. The van der Waals surface area contributed by atoms with Crippen molar-refractivity contribution in [1.82, 2.24) is 19.7 Å². The fourth-order valence-electron chi connectivity index (χ4n) is 1.25. The third-order valence-corrected chi connectivity index (χ3v) is 2.39. The van der Waals surface area contributed by atoms with Crippen LogP contribution < -0.4 is 5.73 Å². The molecule has 2 rings (SSSR count). The van der Waals surface area contributed by atoms with Crippen molar-refractivity contribution in [3.05, 3.63) is 35.6 Å². The number of pyridine rings is 1. The minimum Gasteiger partial charge on any atom is -0.394 e. The minimum atomic E-state index is -0.528. The fraction of sp³-hybridized carbons (Fsp3) is 0.222. The molecule has 84 valence electrons. The quantitative estimate of drug-likeness (QED) is 0.805. The van der Waals surface area contributed by atoms with Crippen LogP contribution in [0.2, 0.25) is 5.02 Å². The van der Waals surface area contributed by atoms with Gasteiger partial charge in [-0.2, -0.15) is 5.10 Å². The molecule has 3 N–H and O–H groups in total. The van der Waals surface area contributed by atoms with Gasteiger partial charge in [0.15, 0.2) is 0 Å². The zero-order valence-electron chi connectivity index (χ0n) is 8.29. The minimum absolute atomic E-state index is 0.175. The van der Waals surface area contributed by atoms with Gasteiger partial charge < -0.3 is 10.8 Å². The summed E-state index contributed by atoms with van der Waals surface area (Å²) in [5.41, 5.74) is 6.85. The fourth-order valence-corrected chi connectivity index (χ4v) is 1.44. The van der Waals surface area contributed by atoms with Crippen LogP contribution in [0.4, 0.5) is 0 Å². The van der Waals surface area contributed by atoms with Gasteiger partial charge in [0.2, 0.25) is 0 Å². The Labute approximate surface area is 96.7 Å². The molecule has 0 amide bonds. The lowest BCUT2D eigenvalue weighted by atomic mass is 10.2. The Bertz CT molecular complexity index is 473. The second-order valence-electron chi connectivity index (χ2n) is 3.19. The molecule has 0 fully saturated rings. The molecule has 0 bridgehead atoms. The Morgan fingerprint density at radius 2 is 2.38 bits per heavy atom. The smallest absolute Gasteiger partial charge is 0.138 e. The van der Waals surface area contributed by atoms with Crippen LogP contribution >= 0.6 is 11.6 Å². The van der Waals surface area contributed by atoms with E-state index in [1.165, 1.54) is 23.5 Å². The summed E-state index contributed by atoms with van der Waals surface area (Å²) in [4.78, 5) is 7.87. The number of halogens is 1. The van der Waals surface area contributed by atoms with E-state index in [-0.39, 0.29) is 6.61 Å². The van der Waals surface area contributed by atoms with E-state index < -0.39 is 6.04 Å². The first-order valence-electron chi connectivity index (χ1n) is 4.59. The van der Waals surface area contributed by atoms with Crippen molar-refractivity contribution < 1.29 is 5.11 Å². The van der Waals surface area contributed by atoms with E-state index in [0.29, 0.717) is 16.4 Å². The van der Waals surface area contributed by atoms with Crippen molar-refractivity contribution >= 4 is 11.6 Å². The van der Waals surface area contributed by atoms with Crippen LogP contribution in [0.25, 0.3) is 5.69 Å². The van der Waals surface area contributed by atoms with Crippen molar-refractivity contribution in [3.8, 4) is 5.69 Å². The topological polar surface area (TPSA) is 89.8 Å². The lowest BCUT2D eigenvalue weighted by Crippen LogP contribution is -2.16. The molecule has 0 aliphatic heterocycles. The summed E-state index contributed by atoms with van der Waals surface area (Å²) in [5, 5.41) is 13.4. The van der Waals surface area contributed by atoms with Crippen LogP contribution in [0.5, 0.6) is 0 Å². The van der Waals surface area contributed by atoms with Gasteiger partial charge in [0, 0.05) is 6.20 Å². The van der Waals surface area contributed by atoms with E-state index in [1.54, 1.807) is 6.07 Å². The lowest BCUT2D eigenvalue weighted by molar-refractivity contribution is 0.266. The molecule has 0 aliphatic rings. The molecule has 0 spiro atoms. The summed E-state index contributed by atoms with van der Waals surface area (Å²) in [5.74, 6) is 0. The molecule has 16 heavy (non-hydrogen) atoms. The molecule has 1 atom stereocenters. The van der Waals surface area contributed by atoms with E-state index in [2.05, 4.69) is 15.1 Å². The van der Waals surface area contributed by atoms with Gasteiger partial charge in [0.05, 0.1) is 29.1 Å². The van der Waals surface area contributed by atoms with Crippen LogP contribution in [0.3, 0.4) is 0 Å². The van der Waals surface area contributed by atoms with Crippen LogP contribution in [0, 0.1) is 0 Å². The normalized spacial score (nSPS) is 12.7. The van der Waals surface area contributed by atoms with Gasteiger partial charge in [-0.05, 0) is 6.07 Å². The van der Waals surface area contributed by atoms with E-state index >= 15 is 0 Å². The summed E-state index contributed by atoms with van der Waals surface area (Å²) in [6, 6.07) is 1.15. The van der Waals surface area contributed by atoms with Crippen LogP contribution in [0.15, 0.2) is 24.9 Å². The maximum atomic E-state index is 8.95. The molecule has 1 unspecified atom stereocenters. The van der Waals surface area contributed by atoms with Crippen molar-refractivity contribution in [2.24, 2.45) is 5.73 Å². The largest absolute Gasteiger partial charge is 0.394 e. The second-order valence-corrected chi connectivity index (χ2v) is 3.60. The molecular weight excluding hydrogens is 230 g/mol. The Hall–Kier alpha value is -1.50. The Balaban J connectivity index is 2.45. The maximum absolute atomic E-state index is 8.95. The Morgan fingerprint density at radius 1 is 1.56 bits per heavy atom. The van der Waals surface area contributed by atoms with Gasteiger partial charge in [-0.15, -0.1) is 0 Å². The third kappa shape index (κ3) is 2.04. The summed E-state index contributed by atoms with van der Waals surface area (Å²) in [6.45, 7) is -0.175. The van der Waals surface area contributed by atoms with Crippen LogP contribution in [-0.4, -0.2) is 31.5 Å². The molecular formula is C9H10ClN5O. The SMILES string of the molecule is NC(CO)c1cc(-n2cncn2)c(Cl)cn1. The summed E-state index contributed by atoms with van der Waals surface area (Å²) < 4.78 is 1.51. The predicted octanol–water partition coefficient (Wildman–Crippen LogP) is 0.308. The van der Waals surface area contributed by atoms with E-state index in [0.717, 1.165) is 0 Å². The van der Waals surface area contributed by atoms with Crippen LogP contribution in [-0.2, 0) is 0 Å². The van der Waals surface area contributed by atoms with Gasteiger partial charge in [-0.25, -0.2) is 9.67 Å². The number of aromatic nitrogens is 4. The summed E-state index contributed by atoms with van der Waals surface area (Å²) in [7, 11) is 0. The monoisotopic (exact) mass is 239 g/mol. The average Bonchev–Trinajstić information content (AvgIpc) is 2.82. The zero-order chi connectivity index (χ0) is 11.5.